The smallest absolute Gasteiger partial charge is 0.230 e. The van der Waals surface area contributed by atoms with Crippen LogP contribution >= 0.6 is 23.1 Å². The van der Waals surface area contributed by atoms with Crippen molar-refractivity contribution in [1.82, 2.24) is 15.5 Å². The molecule has 0 unspecified atom stereocenters. The van der Waals surface area contributed by atoms with Gasteiger partial charge in [0.1, 0.15) is 0 Å². The maximum Gasteiger partial charge on any atom is 0.230 e. The minimum atomic E-state index is 0.0113. The first-order chi connectivity index (χ1) is 12.1. The van der Waals surface area contributed by atoms with Gasteiger partial charge in [-0.15, -0.1) is 10.2 Å². The number of aromatic nitrogens is 2. The lowest BCUT2D eigenvalue weighted by Crippen LogP contribution is -2.36. The Morgan fingerprint density at radius 3 is 2.44 bits per heavy atom. The summed E-state index contributed by atoms with van der Waals surface area (Å²) in [7, 11) is 0. The van der Waals surface area contributed by atoms with Gasteiger partial charge >= 0.3 is 0 Å². The molecular weight excluding hydrogens is 356 g/mol. The van der Waals surface area contributed by atoms with Gasteiger partial charge in [0.15, 0.2) is 4.34 Å². The van der Waals surface area contributed by atoms with Gasteiger partial charge < -0.3 is 5.32 Å². The molecule has 0 aromatic carbocycles. The van der Waals surface area contributed by atoms with Crippen LogP contribution in [0.5, 0.6) is 0 Å². The number of amides is 2. The minimum absolute atomic E-state index is 0.0113. The highest BCUT2D eigenvalue weighted by molar-refractivity contribution is 8.01. The molecule has 6 nitrogen and oxygen atoms in total. The van der Waals surface area contributed by atoms with Gasteiger partial charge in [0.05, 0.1) is 5.75 Å². The molecule has 1 N–H and O–H groups in total. The Morgan fingerprint density at radius 2 is 1.80 bits per heavy atom. The highest BCUT2D eigenvalue weighted by atomic mass is 32.2. The van der Waals surface area contributed by atoms with Crippen molar-refractivity contribution in [3.63, 3.8) is 0 Å². The molecule has 0 spiro atoms. The van der Waals surface area contributed by atoms with Crippen molar-refractivity contribution in [2.24, 2.45) is 0 Å². The van der Waals surface area contributed by atoms with Crippen LogP contribution in [0, 0.1) is 0 Å². The van der Waals surface area contributed by atoms with Gasteiger partial charge in [0, 0.05) is 19.0 Å². The molecule has 2 fully saturated rings. The summed E-state index contributed by atoms with van der Waals surface area (Å²) >= 11 is 2.80. The molecule has 8 heteroatoms. The lowest BCUT2D eigenvalue weighted by molar-refractivity contribution is -0.119. The second-order valence-corrected chi connectivity index (χ2v) is 9.05. The predicted octanol–water partition coefficient (Wildman–Crippen LogP) is 3.37. The number of hydrogen-bond acceptors (Lipinski definition) is 6. The average molecular weight is 383 g/mol. The van der Waals surface area contributed by atoms with E-state index in [4.69, 9.17) is 0 Å². The summed E-state index contributed by atoms with van der Waals surface area (Å²) in [5.41, 5.74) is 0. The van der Waals surface area contributed by atoms with E-state index in [1.54, 1.807) is 11.8 Å². The second-order valence-electron chi connectivity index (χ2n) is 6.87. The van der Waals surface area contributed by atoms with Gasteiger partial charge in [-0.1, -0.05) is 55.2 Å². The highest BCUT2D eigenvalue weighted by Crippen LogP contribution is 2.35. The number of rotatable bonds is 6. The lowest BCUT2D eigenvalue weighted by atomic mass is 9.97. The van der Waals surface area contributed by atoms with Gasteiger partial charge in [-0.25, -0.2) is 0 Å². The summed E-state index contributed by atoms with van der Waals surface area (Å²) in [4.78, 5) is 25.7. The molecule has 0 atom stereocenters. The van der Waals surface area contributed by atoms with E-state index >= 15 is 0 Å². The Bertz CT molecular complexity index is 595. The molecule has 1 heterocycles. The second kappa shape index (κ2) is 8.98. The topological polar surface area (TPSA) is 75.2 Å². The van der Waals surface area contributed by atoms with E-state index < -0.39 is 0 Å². The molecular formula is C17H26N4O2S2. The summed E-state index contributed by atoms with van der Waals surface area (Å²) in [6.45, 7) is 1.56. The first-order valence-electron chi connectivity index (χ1n) is 9.19. The SMILES string of the molecule is CC(=O)N(c1nnc(SCC(=O)NC2CCCCCCC2)s1)C1CC1. The summed E-state index contributed by atoms with van der Waals surface area (Å²) in [5, 5.41) is 12.1. The van der Waals surface area contributed by atoms with Gasteiger partial charge in [-0.3, -0.25) is 14.5 Å². The normalized spacial score (nSPS) is 19.1. The van der Waals surface area contributed by atoms with E-state index in [0.29, 0.717) is 16.9 Å². The zero-order chi connectivity index (χ0) is 17.6. The maximum atomic E-state index is 12.2. The molecule has 2 saturated carbocycles. The summed E-state index contributed by atoms with van der Waals surface area (Å²) in [6, 6.07) is 0.604. The van der Waals surface area contributed by atoms with E-state index in [1.165, 1.54) is 55.2 Å². The standard InChI is InChI=1S/C17H26N4O2S2/c1-12(22)21(14-9-10-14)16-19-20-17(25-16)24-11-15(23)18-13-7-5-3-2-4-6-8-13/h13-14H,2-11H2,1H3,(H,18,23). The predicted molar refractivity (Wildman–Crippen MR) is 101 cm³/mol. The third-order valence-electron chi connectivity index (χ3n) is 4.65. The van der Waals surface area contributed by atoms with Crippen molar-refractivity contribution >= 4 is 40.0 Å². The molecule has 2 amide bonds. The Kier molecular flexibility index (Phi) is 6.70. The van der Waals surface area contributed by atoms with Crippen molar-refractivity contribution in [2.75, 3.05) is 10.7 Å². The van der Waals surface area contributed by atoms with Crippen molar-refractivity contribution < 1.29 is 9.59 Å². The van der Waals surface area contributed by atoms with Crippen LogP contribution in [0.15, 0.2) is 4.34 Å². The fourth-order valence-electron chi connectivity index (χ4n) is 3.24. The van der Waals surface area contributed by atoms with Crippen molar-refractivity contribution in [1.29, 1.82) is 0 Å². The fraction of sp³-hybridized carbons (Fsp3) is 0.765. The first-order valence-corrected chi connectivity index (χ1v) is 11.0. The highest BCUT2D eigenvalue weighted by Gasteiger charge is 2.34. The molecule has 0 saturated heterocycles. The molecule has 25 heavy (non-hydrogen) atoms. The van der Waals surface area contributed by atoms with Gasteiger partial charge in [0.2, 0.25) is 16.9 Å². The largest absolute Gasteiger partial charge is 0.353 e. The molecule has 3 rings (SSSR count). The molecule has 2 aliphatic rings. The van der Waals surface area contributed by atoms with Crippen LogP contribution in [0.25, 0.3) is 0 Å². The van der Waals surface area contributed by atoms with Crippen LogP contribution in [-0.2, 0) is 9.59 Å². The molecule has 1 aromatic heterocycles. The quantitative estimate of drug-likeness (QED) is 0.603. The molecule has 2 aliphatic carbocycles. The summed E-state index contributed by atoms with van der Waals surface area (Å²) in [6.07, 6.45) is 10.6. The van der Waals surface area contributed by atoms with Crippen LogP contribution in [-0.4, -0.2) is 39.8 Å². The van der Waals surface area contributed by atoms with Crippen LogP contribution in [0.2, 0.25) is 0 Å². The van der Waals surface area contributed by atoms with E-state index in [-0.39, 0.29) is 17.9 Å². The minimum Gasteiger partial charge on any atom is -0.353 e. The van der Waals surface area contributed by atoms with Crippen LogP contribution in [0.1, 0.15) is 64.7 Å². The third-order valence-corrected chi connectivity index (χ3v) is 6.71. The Morgan fingerprint density at radius 1 is 1.12 bits per heavy atom. The number of nitrogens with one attached hydrogen (secondary N) is 1. The molecule has 0 radical (unpaired) electrons. The Labute approximate surface area is 157 Å². The number of thioether (sulfide) groups is 1. The monoisotopic (exact) mass is 382 g/mol. The van der Waals surface area contributed by atoms with E-state index in [0.717, 1.165) is 30.0 Å². The lowest BCUT2D eigenvalue weighted by Gasteiger charge is -2.20. The molecule has 0 aliphatic heterocycles. The molecule has 0 bridgehead atoms. The fourth-order valence-corrected chi connectivity index (χ4v) is 5.00. The number of carbonyl (C=O) groups is 2. The zero-order valence-electron chi connectivity index (χ0n) is 14.7. The van der Waals surface area contributed by atoms with Crippen LogP contribution in [0.4, 0.5) is 5.13 Å². The molecule has 138 valence electrons. The van der Waals surface area contributed by atoms with Gasteiger partial charge in [0.25, 0.3) is 0 Å². The van der Waals surface area contributed by atoms with Crippen LogP contribution < -0.4 is 10.2 Å². The number of hydrogen-bond donors (Lipinski definition) is 1. The van der Waals surface area contributed by atoms with E-state index in [9.17, 15) is 9.59 Å². The average Bonchev–Trinajstić information content (AvgIpc) is 3.25. The van der Waals surface area contributed by atoms with Gasteiger partial charge in [-0.05, 0) is 25.7 Å². The number of anilines is 1. The van der Waals surface area contributed by atoms with Crippen molar-refractivity contribution in [2.45, 2.75) is 81.1 Å². The third kappa shape index (κ3) is 5.67. The maximum absolute atomic E-state index is 12.2. The Hall–Kier alpha value is -1.15. The molecule has 1 aromatic rings. The van der Waals surface area contributed by atoms with Crippen molar-refractivity contribution in [3.05, 3.63) is 0 Å². The van der Waals surface area contributed by atoms with Crippen LogP contribution in [0.3, 0.4) is 0 Å². The summed E-state index contributed by atoms with van der Waals surface area (Å²) in [5.74, 6) is 0.435. The number of carbonyl (C=O) groups excluding carboxylic acids is 2. The summed E-state index contributed by atoms with van der Waals surface area (Å²) < 4.78 is 0.745. The first kappa shape index (κ1) is 18.6. The zero-order valence-corrected chi connectivity index (χ0v) is 16.3. The van der Waals surface area contributed by atoms with E-state index in [1.807, 2.05) is 0 Å². The Balaban J connectivity index is 1.46. The number of nitrogens with zero attached hydrogens (tertiary/aromatic N) is 3. The van der Waals surface area contributed by atoms with Crippen molar-refractivity contribution in [3.8, 4) is 0 Å². The van der Waals surface area contributed by atoms with Gasteiger partial charge in [-0.2, -0.15) is 0 Å². The van der Waals surface area contributed by atoms with E-state index in [2.05, 4.69) is 15.5 Å².